The van der Waals surface area contributed by atoms with E-state index in [1.165, 1.54) is 25.0 Å². The summed E-state index contributed by atoms with van der Waals surface area (Å²) in [4.78, 5) is 0. The predicted octanol–water partition coefficient (Wildman–Crippen LogP) is 3.26. The molecule has 1 aliphatic rings. The molecule has 1 aliphatic heterocycles. The van der Waals surface area contributed by atoms with Crippen molar-refractivity contribution in [1.82, 2.24) is 0 Å². The van der Waals surface area contributed by atoms with Gasteiger partial charge in [-0.05, 0) is 30.5 Å². The molecule has 112 valence electrons. The fraction of sp³-hybridized carbons (Fsp3) is 0.625. The molecule has 0 bridgehead atoms. The van der Waals surface area contributed by atoms with Crippen LogP contribution in [0.25, 0.3) is 0 Å². The van der Waals surface area contributed by atoms with Crippen molar-refractivity contribution in [2.45, 2.75) is 63.8 Å². The molecule has 0 aromatic heterocycles. The number of rotatable bonds is 5. The van der Waals surface area contributed by atoms with Crippen molar-refractivity contribution in [3.05, 3.63) is 23.8 Å². The van der Waals surface area contributed by atoms with Gasteiger partial charge in [0, 0.05) is 6.42 Å². The van der Waals surface area contributed by atoms with Crippen molar-refractivity contribution in [3.63, 3.8) is 0 Å². The van der Waals surface area contributed by atoms with Gasteiger partial charge in [0.05, 0.1) is 18.3 Å². The van der Waals surface area contributed by atoms with E-state index < -0.39 is 0 Å². The van der Waals surface area contributed by atoms with Crippen LogP contribution in [0.4, 0.5) is 0 Å². The molecule has 1 saturated heterocycles. The number of benzene rings is 1. The van der Waals surface area contributed by atoms with E-state index in [0.717, 1.165) is 18.4 Å². The third-order valence-corrected chi connectivity index (χ3v) is 3.88. The molecule has 1 heterocycles. The molecule has 20 heavy (non-hydrogen) atoms. The van der Waals surface area contributed by atoms with E-state index in [-0.39, 0.29) is 29.8 Å². The molecule has 0 spiro atoms. The van der Waals surface area contributed by atoms with Gasteiger partial charge in [-0.2, -0.15) is 0 Å². The molecule has 2 rings (SSSR count). The number of phenolic OH excluding ortho intramolecular Hbond substituents is 2. The van der Waals surface area contributed by atoms with Crippen LogP contribution in [0.5, 0.6) is 11.5 Å². The lowest BCUT2D eigenvalue weighted by atomic mass is 9.93. The summed E-state index contributed by atoms with van der Waals surface area (Å²) in [5.74, 6) is -0.279. The minimum Gasteiger partial charge on any atom is -0.504 e. The van der Waals surface area contributed by atoms with Gasteiger partial charge >= 0.3 is 0 Å². The fourth-order valence-corrected chi connectivity index (χ4v) is 2.75. The number of hydrogen-bond donors (Lipinski definition) is 3. The number of ether oxygens (including phenoxy) is 1. The van der Waals surface area contributed by atoms with E-state index in [0.29, 0.717) is 12.8 Å². The maximum atomic E-state index is 10.00. The highest BCUT2D eigenvalue weighted by molar-refractivity contribution is 5.41. The van der Waals surface area contributed by atoms with Gasteiger partial charge in [-0.1, -0.05) is 32.3 Å². The second-order valence-corrected chi connectivity index (χ2v) is 5.62. The van der Waals surface area contributed by atoms with Crippen LogP contribution in [-0.4, -0.2) is 27.5 Å². The van der Waals surface area contributed by atoms with E-state index in [9.17, 15) is 15.3 Å². The van der Waals surface area contributed by atoms with Crippen LogP contribution in [0.3, 0.4) is 0 Å². The van der Waals surface area contributed by atoms with E-state index in [2.05, 4.69) is 6.92 Å². The molecule has 0 radical (unpaired) electrons. The first-order valence-corrected chi connectivity index (χ1v) is 7.45. The minimum atomic E-state index is -0.365. The summed E-state index contributed by atoms with van der Waals surface area (Å²) >= 11 is 0. The van der Waals surface area contributed by atoms with Crippen molar-refractivity contribution in [2.24, 2.45) is 0 Å². The molecule has 0 saturated carbocycles. The van der Waals surface area contributed by atoms with E-state index in [1.807, 2.05) is 0 Å². The first kappa shape index (κ1) is 15.1. The summed E-state index contributed by atoms with van der Waals surface area (Å²) in [5, 5.41) is 28.9. The molecular formula is C16H24O4. The Balaban J connectivity index is 2.01. The van der Waals surface area contributed by atoms with Crippen molar-refractivity contribution < 1.29 is 20.1 Å². The Bertz CT molecular complexity index is 432. The third-order valence-electron chi connectivity index (χ3n) is 3.88. The smallest absolute Gasteiger partial charge is 0.157 e. The molecule has 0 amide bonds. The van der Waals surface area contributed by atoms with Crippen LogP contribution < -0.4 is 0 Å². The van der Waals surface area contributed by atoms with Gasteiger partial charge in [0.25, 0.3) is 0 Å². The van der Waals surface area contributed by atoms with Crippen LogP contribution >= 0.6 is 0 Å². The minimum absolute atomic E-state index is 0.0752. The quantitative estimate of drug-likeness (QED) is 0.572. The SMILES string of the molecule is CCCCCC1CC(O)CC(c2ccc(O)c(O)c2)O1. The number of phenols is 2. The van der Waals surface area contributed by atoms with Crippen LogP contribution in [0, 0.1) is 0 Å². The van der Waals surface area contributed by atoms with Gasteiger partial charge in [0.1, 0.15) is 0 Å². The maximum absolute atomic E-state index is 10.00. The highest BCUT2D eigenvalue weighted by Gasteiger charge is 2.29. The first-order valence-electron chi connectivity index (χ1n) is 7.45. The molecule has 0 aliphatic carbocycles. The topological polar surface area (TPSA) is 69.9 Å². The summed E-state index contributed by atoms with van der Waals surface area (Å²) in [6.45, 7) is 2.17. The lowest BCUT2D eigenvalue weighted by Gasteiger charge is -2.33. The predicted molar refractivity (Wildman–Crippen MR) is 76.8 cm³/mol. The number of aliphatic hydroxyl groups is 1. The van der Waals surface area contributed by atoms with Gasteiger partial charge < -0.3 is 20.1 Å². The van der Waals surface area contributed by atoms with Crippen LogP contribution in [-0.2, 0) is 4.74 Å². The summed E-state index contributed by atoms with van der Waals surface area (Å²) in [6.07, 6.45) is 5.15. The molecule has 3 atom stereocenters. The second kappa shape index (κ2) is 6.95. The van der Waals surface area contributed by atoms with Crippen molar-refractivity contribution >= 4 is 0 Å². The van der Waals surface area contributed by atoms with Gasteiger partial charge in [-0.3, -0.25) is 0 Å². The zero-order chi connectivity index (χ0) is 14.5. The van der Waals surface area contributed by atoms with Crippen LogP contribution in [0.15, 0.2) is 18.2 Å². The number of unbranched alkanes of at least 4 members (excludes halogenated alkanes) is 2. The zero-order valence-electron chi connectivity index (χ0n) is 12.0. The van der Waals surface area contributed by atoms with Gasteiger partial charge in [0.15, 0.2) is 11.5 Å². The molecule has 1 aromatic rings. The Morgan fingerprint density at radius 2 is 1.95 bits per heavy atom. The van der Waals surface area contributed by atoms with E-state index in [4.69, 9.17) is 4.74 Å². The lowest BCUT2D eigenvalue weighted by molar-refractivity contribution is -0.101. The number of aliphatic hydroxyl groups excluding tert-OH is 1. The number of hydrogen-bond acceptors (Lipinski definition) is 4. The Labute approximate surface area is 120 Å². The summed E-state index contributed by atoms with van der Waals surface area (Å²) in [6, 6.07) is 4.71. The van der Waals surface area contributed by atoms with Crippen LogP contribution in [0.2, 0.25) is 0 Å². The Morgan fingerprint density at radius 1 is 1.15 bits per heavy atom. The summed E-state index contributed by atoms with van der Waals surface area (Å²) in [7, 11) is 0. The molecular weight excluding hydrogens is 256 g/mol. The fourth-order valence-electron chi connectivity index (χ4n) is 2.75. The summed E-state index contributed by atoms with van der Waals surface area (Å²) < 4.78 is 6.03. The summed E-state index contributed by atoms with van der Waals surface area (Å²) in [5.41, 5.74) is 0.805. The second-order valence-electron chi connectivity index (χ2n) is 5.62. The molecule has 3 N–H and O–H groups in total. The van der Waals surface area contributed by atoms with Crippen molar-refractivity contribution in [3.8, 4) is 11.5 Å². The number of aromatic hydroxyl groups is 2. The van der Waals surface area contributed by atoms with E-state index in [1.54, 1.807) is 6.07 Å². The monoisotopic (exact) mass is 280 g/mol. The molecule has 3 unspecified atom stereocenters. The largest absolute Gasteiger partial charge is 0.504 e. The average molecular weight is 280 g/mol. The standard InChI is InChI=1S/C16H24O4/c1-2-3-4-5-13-9-12(17)10-16(20-13)11-6-7-14(18)15(19)8-11/h6-8,12-13,16-19H,2-5,9-10H2,1H3. The normalized spacial score (nSPS) is 26.6. The molecule has 1 aromatic carbocycles. The highest BCUT2D eigenvalue weighted by Crippen LogP contribution is 2.36. The zero-order valence-corrected chi connectivity index (χ0v) is 12.0. The average Bonchev–Trinajstić information content (AvgIpc) is 2.41. The molecule has 1 fully saturated rings. The van der Waals surface area contributed by atoms with E-state index >= 15 is 0 Å². The maximum Gasteiger partial charge on any atom is 0.157 e. The van der Waals surface area contributed by atoms with Gasteiger partial charge in [-0.25, -0.2) is 0 Å². The highest BCUT2D eigenvalue weighted by atomic mass is 16.5. The van der Waals surface area contributed by atoms with Gasteiger partial charge in [0.2, 0.25) is 0 Å². The lowest BCUT2D eigenvalue weighted by Crippen LogP contribution is -2.31. The van der Waals surface area contributed by atoms with Crippen molar-refractivity contribution in [1.29, 1.82) is 0 Å². The third kappa shape index (κ3) is 3.87. The van der Waals surface area contributed by atoms with Gasteiger partial charge in [-0.15, -0.1) is 0 Å². The Kier molecular flexibility index (Phi) is 5.26. The molecule has 4 heteroatoms. The Hall–Kier alpha value is -1.26. The molecule has 4 nitrogen and oxygen atoms in total. The van der Waals surface area contributed by atoms with Crippen LogP contribution in [0.1, 0.15) is 57.1 Å². The van der Waals surface area contributed by atoms with Crippen molar-refractivity contribution in [2.75, 3.05) is 0 Å². The Morgan fingerprint density at radius 3 is 2.65 bits per heavy atom. The first-order chi connectivity index (χ1) is 9.60.